The second kappa shape index (κ2) is 14.2. The topological polar surface area (TPSA) is 88.1 Å². The second-order valence-corrected chi connectivity index (χ2v) is 8.31. The number of aryl methyl sites for hydroxylation is 1. The molecule has 1 saturated heterocycles. The molecule has 2 heterocycles. The molecule has 0 radical (unpaired) electrons. The number of likely N-dealkylation sites (tertiary alicyclic amines) is 1. The summed E-state index contributed by atoms with van der Waals surface area (Å²) < 4.78 is 10.3. The van der Waals surface area contributed by atoms with Crippen molar-refractivity contribution in [1.29, 1.82) is 0 Å². The molecule has 2 N–H and O–H groups in total. The number of aromatic nitrogens is 1. The SMILES string of the molecule is CCOC(=O)c1sc(C(C)NC(=NC)NCC2CCN(CCOC)CC2)nc1C.I. The van der Waals surface area contributed by atoms with Gasteiger partial charge in [0.15, 0.2) is 5.96 Å². The van der Waals surface area contributed by atoms with Crippen LogP contribution in [-0.2, 0) is 9.47 Å². The van der Waals surface area contributed by atoms with Crippen LogP contribution in [0.15, 0.2) is 4.99 Å². The molecular formula is C20H36IN5O3S. The highest BCUT2D eigenvalue weighted by Crippen LogP contribution is 2.24. The molecule has 1 aromatic rings. The van der Waals surface area contributed by atoms with Gasteiger partial charge >= 0.3 is 5.97 Å². The molecule has 1 atom stereocenters. The van der Waals surface area contributed by atoms with Crippen molar-refractivity contribution in [2.24, 2.45) is 10.9 Å². The number of rotatable bonds is 9. The third-order valence-electron chi connectivity index (χ3n) is 5.10. The first kappa shape index (κ1) is 27.1. The highest BCUT2D eigenvalue weighted by molar-refractivity contribution is 14.0. The van der Waals surface area contributed by atoms with Crippen LogP contribution in [-0.4, -0.2) is 75.4 Å². The Morgan fingerprint density at radius 2 is 2.10 bits per heavy atom. The van der Waals surface area contributed by atoms with Gasteiger partial charge in [-0.05, 0) is 52.6 Å². The highest BCUT2D eigenvalue weighted by atomic mass is 127. The van der Waals surface area contributed by atoms with Gasteiger partial charge in [-0.3, -0.25) is 4.99 Å². The van der Waals surface area contributed by atoms with Crippen LogP contribution in [0.5, 0.6) is 0 Å². The first-order chi connectivity index (χ1) is 14.0. The van der Waals surface area contributed by atoms with Crippen LogP contribution >= 0.6 is 35.3 Å². The zero-order valence-electron chi connectivity index (χ0n) is 18.7. The maximum atomic E-state index is 12.0. The second-order valence-electron chi connectivity index (χ2n) is 7.28. The molecule has 1 aliphatic heterocycles. The summed E-state index contributed by atoms with van der Waals surface area (Å²) in [4.78, 5) is 23.9. The van der Waals surface area contributed by atoms with Crippen LogP contribution < -0.4 is 10.6 Å². The molecule has 1 unspecified atom stereocenters. The third-order valence-corrected chi connectivity index (χ3v) is 6.42. The molecule has 30 heavy (non-hydrogen) atoms. The minimum Gasteiger partial charge on any atom is -0.462 e. The van der Waals surface area contributed by atoms with Gasteiger partial charge in [-0.2, -0.15) is 0 Å². The molecule has 0 bridgehead atoms. The maximum absolute atomic E-state index is 12.0. The predicted molar refractivity (Wildman–Crippen MR) is 132 cm³/mol. The summed E-state index contributed by atoms with van der Waals surface area (Å²) in [6.07, 6.45) is 2.36. The van der Waals surface area contributed by atoms with Crippen LogP contribution in [0.25, 0.3) is 0 Å². The van der Waals surface area contributed by atoms with Crippen LogP contribution in [0.3, 0.4) is 0 Å². The Morgan fingerprint density at radius 1 is 1.40 bits per heavy atom. The van der Waals surface area contributed by atoms with Crippen LogP contribution in [0, 0.1) is 12.8 Å². The Balaban J connectivity index is 0.00000450. The molecule has 0 aromatic carbocycles. The minimum absolute atomic E-state index is 0. The number of halogens is 1. The summed E-state index contributed by atoms with van der Waals surface area (Å²) in [5.41, 5.74) is 0.709. The van der Waals surface area contributed by atoms with Crippen LogP contribution in [0.4, 0.5) is 0 Å². The van der Waals surface area contributed by atoms with E-state index in [1.807, 2.05) is 13.8 Å². The molecule has 2 rings (SSSR count). The van der Waals surface area contributed by atoms with Crippen molar-refractivity contribution in [2.75, 3.05) is 53.6 Å². The van der Waals surface area contributed by atoms with E-state index >= 15 is 0 Å². The number of hydrogen-bond donors (Lipinski definition) is 2. The van der Waals surface area contributed by atoms with Crippen molar-refractivity contribution < 1.29 is 14.3 Å². The number of esters is 1. The van der Waals surface area contributed by atoms with E-state index in [9.17, 15) is 4.79 Å². The summed E-state index contributed by atoms with van der Waals surface area (Å²) in [6.45, 7) is 11.0. The quantitative estimate of drug-likeness (QED) is 0.211. The number of nitrogens with zero attached hydrogens (tertiary/aromatic N) is 3. The molecular weight excluding hydrogens is 517 g/mol. The van der Waals surface area contributed by atoms with Gasteiger partial charge in [0.05, 0.1) is 24.9 Å². The van der Waals surface area contributed by atoms with Crippen molar-refractivity contribution in [1.82, 2.24) is 20.5 Å². The number of piperidine rings is 1. The lowest BCUT2D eigenvalue weighted by Crippen LogP contribution is -2.43. The Morgan fingerprint density at radius 3 is 2.70 bits per heavy atom. The number of thiazole rings is 1. The summed E-state index contributed by atoms with van der Waals surface area (Å²) in [7, 11) is 3.52. The number of carbonyl (C=O) groups is 1. The summed E-state index contributed by atoms with van der Waals surface area (Å²) >= 11 is 1.37. The molecule has 0 amide bonds. The molecule has 0 saturated carbocycles. The summed E-state index contributed by atoms with van der Waals surface area (Å²) in [5.74, 6) is 1.09. The van der Waals surface area contributed by atoms with Gasteiger partial charge in [-0.25, -0.2) is 9.78 Å². The van der Waals surface area contributed by atoms with Crippen molar-refractivity contribution >= 4 is 47.2 Å². The smallest absolute Gasteiger partial charge is 0.350 e. The number of ether oxygens (including phenoxy) is 2. The van der Waals surface area contributed by atoms with E-state index < -0.39 is 0 Å². The number of methoxy groups -OCH3 is 1. The van der Waals surface area contributed by atoms with Gasteiger partial charge in [0.2, 0.25) is 0 Å². The minimum atomic E-state index is -0.305. The fourth-order valence-electron chi connectivity index (χ4n) is 3.33. The first-order valence-electron chi connectivity index (χ1n) is 10.3. The first-order valence-corrected chi connectivity index (χ1v) is 11.1. The van der Waals surface area contributed by atoms with Crippen molar-refractivity contribution in [3.63, 3.8) is 0 Å². The zero-order valence-corrected chi connectivity index (χ0v) is 21.8. The van der Waals surface area contributed by atoms with Gasteiger partial charge in [0.1, 0.15) is 9.88 Å². The summed E-state index contributed by atoms with van der Waals surface area (Å²) in [6, 6.07) is -0.0519. The van der Waals surface area contributed by atoms with Gasteiger partial charge in [-0.1, -0.05) is 0 Å². The van der Waals surface area contributed by atoms with E-state index in [4.69, 9.17) is 9.47 Å². The van der Waals surface area contributed by atoms with E-state index in [1.54, 1.807) is 21.1 Å². The fraction of sp³-hybridized carbons (Fsp3) is 0.750. The van der Waals surface area contributed by atoms with Gasteiger partial charge in [-0.15, -0.1) is 35.3 Å². The lowest BCUT2D eigenvalue weighted by atomic mass is 9.97. The monoisotopic (exact) mass is 553 g/mol. The lowest BCUT2D eigenvalue weighted by Gasteiger charge is -2.32. The normalized spacial score (nSPS) is 16.6. The van der Waals surface area contributed by atoms with Gasteiger partial charge in [0.25, 0.3) is 0 Å². The Labute approximate surface area is 201 Å². The predicted octanol–water partition coefficient (Wildman–Crippen LogP) is 2.83. The number of guanidine groups is 1. The number of hydrogen-bond acceptors (Lipinski definition) is 7. The Bertz CT molecular complexity index is 677. The molecule has 8 nitrogen and oxygen atoms in total. The average Bonchev–Trinajstić information content (AvgIpc) is 3.12. The molecule has 172 valence electrons. The standard InChI is InChI=1S/C20H35N5O3S.HI/c1-6-28-19(26)17-14(2)23-18(29-17)15(3)24-20(21-4)22-13-16-7-9-25(10-8-16)11-12-27-5;/h15-16H,6-13H2,1-5H3,(H2,21,22,24);1H. The van der Waals surface area contributed by atoms with Crippen molar-refractivity contribution in [3.8, 4) is 0 Å². The van der Waals surface area contributed by atoms with E-state index in [-0.39, 0.29) is 36.0 Å². The largest absolute Gasteiger partial charge is 0.462 e. The molecule has 1 aliphatic rings. The van der Waals surface area contributed by atoms with E-state index in [0.29, 0.717) is 23.1 Å². The lowest BCUT2D eigenvalue weighted by molar-refractivity contribution is 0.0531. The summed E-state index contributed by atoms with van der Waals surface area (Å²) in [5, 5.41) is 7.67. The number of nitrogens with one attached hydrogen (secondary N) is 2. The van der Waals surface area contributed by atoms with E-state index in [1.165, 1.54) is 24.2 Å². The third kappa shape index (κ3) is 8.27. The van der Waals surface area contributed by atoms with E-state index in [2.05, 4.69) is 25.5 Å². The zero-order chi connectivity index (χ0) is 21.2. The molecule has 1 aromatic heterocycles. The van der Waals surface area contributed by atoms with Gasteiger partial charge in [0, 0.05) is 27.2 Å². The Hall–Kier alpha value is -0.980. The van der Waals surface area contributed by atoms with Gasteiger partial charge < -0.3 is 25.0 Å². The van der Waals surface area contributed by atoms with E-state index in [0.717, 1.165) is 43.8 Å². The maximum Gasteiger partial charge on any atom is 0.350 e. The molecule has 10 heteroatoms. The number of carbonyl (C=O) groups excluding carboxylic acids is 1. The average molecular weight is 554 g/mol. The molecule has 0 aliphatic carbocycles. The molecule has 0 spiro atoms. The van der Waals surface area contributed by atoms with Crippen LogP contribution in [0.1, 0.15) is 53.1 Å². The molecule has 1 fully saturated rings. The fourth-order valence-corrected chi connectivity index (χ4v) is 4.29. The van der Waals surface area contributed by atoms with Crippen molar-refractivity contribution in [3.05, 3.63) is 15.6 Å². The van der Waals surface area contributed by atoms with Crippen molar-refractivity contribution in [2.45, 2.75) is 39.7 Å². The highest BCUT2D eigenvalue weighted by Gasteiger charge is 2.21. The number of aliphatic imine (C=N–C) groups is 1. The van der Waals surface area contributed by atoms with Crippen LogP contribution in [0.2, 0.25) is 0 Å². The Kier molecular flexibility index (Phi) is 12.8.